The maximum Gasteiger partial charge on any atom is 0.0589 e. The standard InChI is InChI=1S/C25H37N3O/c1-20-15-22(3)25(16-21(20)2)19-28(17-23-5-9-26-10-6-23)18-24-7-11-27(12-8-24)13-14-29-4/h5-6,9-10,15-16,24H,7-8,11-14,17-19H2,1-4H3. The molecule has 0 amide bonds. The number of hydrogen-bond donors (Lipinski definition) is 0. The fraction of sp³-hybridized carbons (Fsp3) is 0.560. The van der Waals surface area contributed by atoms with Gasteiger partial charge in [0.25, 0.3) is 0 Å². The Morgan fingerprint density at radius 1 is 1.00 bits per heavy atom. The summed E-state index contributed by atoms with van der Waals surface area (Å²) >= 11 is 0. The van der Waals surface area contributed by atoms with E-state index in [-0.39, 0.29) is 0 Å². The first-order chi connectivity index (χ1) is 14.0. The smallest absolute Gasteiger partial charge is 0.0589 e. The minimum Gasteiger partial charge on any atom is -0.383 e. The van der Waals surface area contributed by atoms with E-state index in [0.717, 1.165) is 38.7 Å². The molecule has 1 aliphatic heterocycles. The number of nitrogens with zero attached hydrogens (tertiary/aromatic N) is 3. The van der Waals surface area contributed by atoms with Crippen LogP contribution in [0.1, 0.15) is 40.7 Å². The molecule has 1 saturated heterocycles. The van der Waals surface area contributed by atoms with Gasteiger partial charge >= 0.3 is 0 Å². The summed E-state index contributed by atoms with van der Waals surface area (Å²) in [6.07, 6.45) is 6.37. The van der Waals surface area contributed by atoms with E-state index in [1.807, 2.05) is 12.4 Å². The number of ether oxygens (including phenoxy) is 1. The maximum absolute atomic E-state index is 5.24. The summed E-state index contributed by atoms with van der Waals surface area (Å²) in [6, 6.07) is 9.02. The van der Waals surface area contributed by atoms with Gasteiger partial charge in [0.05, 0.1) is 6.61 Å². The van der Waals surface area contributed by atoms with Crippen molar-refractivity contribution in [1.29, 1.82) is 0 Å². The largest absolute Gasteiger partial charge is 0.383 e. The summed E-state index contributed by atoms with van der Waals surface area (Å²) in [4.78, 5) is 9.37. The number of rotatable bonds is 9. The van der Waals surface area contributed by atoms with Crippen molar-refractivity contribution >= 4 is 0 Å². The van der Waals surface area contributed by atoms with E-state index in [1.165, 1.54) is 53.7 Å². The molecule has 1 aliphatic rings. The highest BCUT2D eigenvalue weighted by Crippen LogP contribution is 2.23. The first kappa shape index (κ1) is 21.9. The topological polar surface area (TPSA) is 28.6 Å². The fourth-order valence-corrected chi connectivity index (χ4v) is 4.34. The predicted molar refractivity (Wildman–Crippen MR) is 120 cm³/mol. The van der Waals surface area contributed by atoms with Crippen LogP contribution in [0.3, 0.4) is 0 Å². The third kappa shape index (κ3) is 6.63. The normalized spacial score (nSPS) is 15.9. The van der Waals surface area contributed by atoms with Gasteiger partial charge in [-0.3, -0.25) is 9.88 Å². The first-order valence-electron chi connectivity index (χ1n) is 10.9. The van der Waals surface area contributed by atoms with E-state index in [2.05, 4.69) is 59.8 Å². The van der Waals surface area contributed by atoms with Crippen LogP contribution < -0.4 is 0 Å². The molecule has 0 aliphatic carbocycles. The number of methoxy groups -OCH3 is 1. The van der Waals surface area contributed by atoms with Gasteiger partial charge in [-0.2, -0.15) is 0 Å². The number of benzene rings is 1. The summed E-state index contributed by atoms with van der Waals surface area (Å²) in [6.45, 7) is 14.1. The van der Waals surface area contributed by atoms with Gasteiger partial charge in [0, 0.05) is 45.7 Å². The molecule has 4 heteroatoms. The zero-order valence-electron chi connectivity index (χ0n) is 18.7. The number of aromatic nitrogens is 1. The van der Waals surface area contributed by atoms with Gasteiger partial charge in [0.2, 0.25) is 0 Å². The third-order valence-electron chi connectivity index (χ3n) is 6.34. The van der Waals surface area contributed by atoms with Crippen LogP contribution in [0.2, 0.25) is 0 Å². The lowest BCUT2D eigenvalue weighted by molar-refractivity contribution is 0.103. The fourth-order valence-electron chi connectivity index (χ4n) is 4.34. The molecule has 0 radical (unpaired) electrons. The van der Waals surface area contributed by atoms with E-state index in [4.69, 9.17) is 4.74 Å². The SMILES string of the molecule is COCCN1CCC(CN(Cc2ccncc2)Cc2cc(C)c(C)cc2C)CC1. The molecule has 1 aromatic heterocycles. The van der Waals surface area contributed by atoms with Gasteiger partial charge in [0.1, 0.15) is 0 Å². The Balaban J connectivity index is 1.66. The van der Waals surface area contributed by atoms with Crippen molar-refractivity contribution in [1.82, 2.24) is 14.8 Å². The van der Waals surface area contributed by atoms with Crippen LogP contribution in [-0.4, -0.2) is 54.7 Å². The van der Waals surface area contributed by atoms with Crippen LogP contribution in [0.15, 0.2) is 36.7 Å². The van der Waals surface area contributed by atoms with Crippen LogP contribution >= 0.6 is 0 Å². The Morgan fingerprint density at radius 2 is 1.69 bits per heavy atom. The van der Waals surface area contributed by atoms with E-state index in [0.29, 0.717) is 0 Å². The van der Waals surface area contributed by atoms with Crippen molar-refractivity contribution in [3.63, 3.8) is 0 Å². The highest BCUT2D eigenvalue weighted by molar-refractivity contribution is 5.36. The summed E-state index contributed by atoms with van der Waals surface area (Å²) in [5, 5.41) is 0. The Kier molecular flexibility index (Phi) is 8.22. The molecule has 3 rings (SSSR count). The number of piperidine rings is 1. The molecule has 4 nitrogen and oxygen atoms in total. The van der Waals surface area contributed by atoms with Crippen molar-refractivity contribution in [2.75, 3.05) is 39.9 Å². The Bertz CT molecular complexity index is 754. The first-order valence-corrected chi connectivity index (χ1v) is 10.9. The van der Waals surface area contributed by atoms with Gasteiger partial charge in [-0.1, -0.05) is 12.1 Å². The van der Waals surface area contributed by atoms with Crippen molar-refractivity contribution in [3.05, 3.63) is 64.5 Å². The number of likely N-dealkylation sites (tertiary alicyclic amines) is 1. The molecule has 158 valence electrons. The minimum absolute atomic E-state index is 0.766. The molecule has 0 atom stereocenters. The molecule has 1 fully saturated rings. The van der Waals surface area contributed by atoms with Crippen molar-refractivity contribution < 1.29 is 4.74 Å². The van der Waals surface area contributed by atoms with E-state index >= 15 is 0 Å². The molecular formula is C25H37N3O. The van der Waals surface area contributed by atoms with Crippen molar-refractivity contribution in [3.8, 4) is 0 Å². The van der Waals surface area contributed by atoms with Crippen molar-refractivity contribution in [2.24, 2.45) is 5.92 Å². The number of hydrogen-bond acceptors (Lipinski definition) is 4. The Morgan fingerprint density at radius 3 is 2.38 bits per heavy atom. The zero-order chi connectivity index (χ0) is 20.6. The van der Waals surface area contributed by atoms with Crippen molar-refractivity contribution in [2.45, 2.75) is 46.7 Å². The highest BCUT2D eigenvalue weighted by Gasteiger charge is 2.22. The number of pyridine rings is 1. The lowest BCUT2D eigenvalue weighted by Gasteiger charge is -2.35. The van der Waals surface area contributed by atoms with E-state index in [1.54, 1.807) is 7.11 Å². The molecule has 0 bridgehead atoms. The monoisotopic (exact) mass is 395 g/mol. The highest BCUT2D eigenvalue weighted by atomic mass is 16.5. The summed E-state index contributed by atoms with van der Waals surface area (Å²) in [7, 11) is 1.79. The summed E-state index contributed by atoms with van der Waals surface area (Å²) in [5.41, 5.74) is 6.98. The molecule has 2 aromatic rings. The zero-order valence-corrected chi connectivity index (χ0v) is 18.7. The van der Waals surface area contributed by atoms with Crippen LogP contribution in [0.4, 0.5) is 0 Å². The number of aryl methyl sites for hydroxylation is 3. The molecule has 29 heavy (non-hydrogen) atoms. The molecule has 0 N–H and O–H groups in total. The lowest BCUT2D eigenvalue weighted by atomic mass is 9.95. The Hall–Kier alpha value is -1.75. The summed E-state index contributed by atoms with van der Waals surface area (Å²) < 4.78 is 5.24. The molecular weight excluding hydrogens is 358 g/mol. The average Bonchev–Trinajstić information content (AvgIpc) is 2.72. The third-order valence-corrected chi connectivity index (χ3v) is 6.34. The Labute approximate surface area is 176 Å². The van der Waals surface area contributed by atoms with E-state index in [9.17, 15) is 0 Å². The van der Waals surface area contributed by atoms with Gasteiger partial charge in [0.15, 0.2) is 0 Å². The molecule has 0 unspecified atom stereocenters. The van der Waals surface area contributed by atoms with Crippen LogP contribution in [0.5, 0.6) is 0 Å². The van der Waals surface area contributed by atoms with Gasteiger partial charge in [-0.25, -0.2) is 0 Å². The second kappa shape index (κ2) is 10.9. The molecule has 2 heterocycles. The second-order valence-corrected chi connectivity index (χ2v) is 8.67. The van der Waals surface area contributed by atoms with Crippen LogP contribution in [0.25, 0.3) is 0 Å². The molecule has 0 saturated carbocycles. The predicted octanol–water partition coefficient (Wildman–Crippen LogP) is 4.37. The lowest BCUT2D eigenvalue weighted by Crippen LogP contribution is -2.39. The molecule has 0 spiro atoms. The van der Waals surface area contributed by atoms with Gasteiger partial charge in [-0.15, -0.1) is 0 Å². The average molecular weight is 396 g/mol. The maximum atomic E-state index is 5.24. The van der Waals surface area contributed by atoms with Gasteiger partial charge < -0.3 is 9.64 Å². The quantitative estimate of drug-likeness (QED) is 0.630. The minimum atomic E-state index is 0.766. The summed E-state index contributed by atoms with van der Waals surface area (Å²) in [5.74, 6) is 0.766. The molecule has 1 aromatic carbocycles. The van der Waals surface area contributed by atoms with Gasteiger partial charge in [-0.05, 0) is 92.6 Å². The van der Waals surface area contributed by atoms with E-state index < -0.39 is 0 Å². The van der Waals surface area contributed by atoms with Crippen LogP contribution in [0, 0.1) is 26.7 Å². The van der Waals surface area contributed by atoms with Crippen LogP contribution in [-0.2, 0) is 17.8 Å². The second-order valence-electron chi connectivity index (χ2n) is 8.67.